The smallest absolute Gasteiger partial charge is 0.171 e. The number of fused-ring (bicyclic) bond motifs is 3. The van der Waals surface area contributed by atoms with E-state index < -0.39 is 0 Å². The van der Waals surface area contributed by atoms with Gasteiger partial charge >= 0.3 is 0 Å². The first-order valence-electron chi connectivity index (χ1n) is 4.84. The van der Waals surface area contributed by atoms with Gasteiger partial charge in [-0.15, -0.1) is 0 Å². The van der Waals surface area contributed by atoms with E-state index in [0.29, 0.717) is 5.58 Å². The topological polar surface area (TPSA) is 13.1 Å². The fourth-order valence-electron chi connectivity index (χ4n) is 1.99. The second-order valence-corrected chi connectivity index (χ2v) is 3.67. The molecule has 0 radical (unpaired) electrons. The normalized spacial score (nSPS) is 11.3. The van der Waals surface area contributed by atoms with Gasteiger partial charge in [-0.05, 0) is 24.6 Å². The van der Waals surface area contributed by atoms with Crippen molar-refractivity contribution in [2.24, 2.45) is 0 Å². The van der Waals surface area contributed by atoms with Gasteiger partial charge in [0.1, 0.15) is 5.58 Å². The average Bonchev–Trinajstić information content (AvgIpc) is 2.59. The molecule has 0 atom stereocenters. The Balaban J connectivity index is 2.65. The summed E-state index contributed by atoms with van der Waals surface area (Å²) >= 11 is 0. The molecule has 2 aromatic carbocycles. The molecule has 0 N–H and O–H groups in total. The van der Waals surface area contributed by atoms with Crippen LogP contribution >= 0.6 is 0 Å². The number of furan rings is 1. The molecule has 0 saturated carbocycles. The van der Waals surface area contributed by atoms with E-state index in [1.165, 1.54) is 6.07 Å². The molecule has 1 nitrogen and oxygen atoms in total. The lowest BCUT2D eigenvalue weighted by Gasteiger charge is -1.93. The van der Waals surface area contributed by atoms with Crippen molar-refractivity contribution in [1.82, 2.24) is 0 Å². The molecule has 0 saturated heterocycles. The van der Waals surface area contributed by atoms with Gasteiger partial charge in [0, 0.05) is 10.8 Å². The van der Waals surface area contributed by atoms with E-state index in [1.54, 1.807) is 6.07 Å². The van der Waals surface area contributed by atoms with Crippen LogP contribution in [0.15, 0.2) is 40.8 Å². The number of hydrogen-bond donors (Lipinski definition) is 0. The third-order valence-corrected chi connectivity index (χ3v) is 2.68. The van der Waals surface area contributed by atoms with Gasteiger partial charge in [0.15, 0.2) is 11.4 Å². The molecule has 2 heteroatoms. The van der Waals surface area contributed by atoms with Gasteiger partial charge in [-0.2, -0.15) is 0 Å². The highest BCUT2D eigenvalue weighted by molar-refractivity contribution is 6.06. The Labute approximate surface area is 86.1 Å². The third-order valence-electron chi connectivity index (χ3n) is 2.68. The van der Waals surface area contributed by atoms with Crippen LogP contribution in [-0.4, -0.2) is 0 Å². The van der Waals surface area contributed by atoms with Gasteiger partial charge in [0.2, 0.25) is 0 Å². The highest BCUT2D eigenvalue weighted by atomic mass is 19.1. The van der Waals surface area contributed by atoms with Crippen molar-refractivity contribution in [3.8, 4) is 0 Å². The van der Waals surface area contributed by atoms with Gasteiger partial charge in [-0.3, -0.25) is 0 Å². The first-order chi connectivity index (χ1) is 7.27. The Morgan fingerprint density at radius 3 is 2.73 bits per heavy atom. The van der Waals surface area contributed by atoms with E-state index in [0.717, 1.165) is 21.9 Å². The van der Waals surface area contributed by atoms with Crippen molar-refractivity contribution in [2.45, 2.75) is 6.92 Å². The van der Waals surface area contributed by atoms with Crippen LogP contribution in [0, 0.1) is 12.7 Å². The lowest BCUT2D eigenvalue weighted by atomic mass is 10.1. The maximum atomic E-state index is 13.5. The molecule has 0 aliphatic rings. The molecular formula is C13H9FO. The van der Waals surface area contributed by atoms with Crippen molar-refractivity contribution in [3.05, 3.63) is 47.8 Å². The molecule has 74 valence electrons. The molecule has 0 aliphatic heterocycles. The van der Waals surface area contributed by atoms with Gasteiger partial charge in [-0.25, -0.2) is 4.39 Å². The van der Waals surface area contributed by atoms with Crippen LogP contribution in [0.25, 0.3) is 21.9 Å². The predicted octanol–water partition coefficient (Wildman–Crippen LogP) is 4.03. The van der Waals surface area contributed by atoms with Gasteiger partial charge in [0.05, 0.1) is 0 Å². The molecule has 15 heavy (non-hydrogen) atoms. The summed E-state index contributed by atoms with van der Waals surface area (Å²) < 4.78 is 19.0. The van der Waals surface area contributed by atoms with Crippen LogP contribution in [0.3, 0.4) is 0 Å². The minimum Gasteiger partial charge on any atom is -0.453 e. The number of aryl methyl sites for hydroxylation is 1. The Morgan fingerprint density at radius 1 is 1.07 bits per heavy atom. The lowest BCUT2D eigenvalue weighted by Crippen LogP contribution is -1.74. The Kier molecular flexibility index (Phi) is 1.60. The fraction of sp³-hybridized carbons (Fsp3) is 0.0769. The monoisotopic (exact) mass is 200 g/mol. The number of benzene rings is 2. The highest BCUT2D eigenvalue weighted by Gasteiger charge is 2.11. The average molecular weight is 200 g/mol. The molecule has 0 fully saturated rings. The summed E-state index contributed by atoms with van der Waals surface area (Å²) in [6, 6.07) is 10.8. The summed E-state index contributed by atoms with van der Waals surface area (Å²) in [5, 5.41) is 1.86. The summed E-state index contributed by atoms with van der Waals surface area (Å²) in [6.07, 6.45) is 0. The minimum absolute atomic E-state index is 0.303. The van der Waals surface area contributed by atoms with E-state index >= 15 is 0 Å². The Morgan fingerprint density at radius 2 is 1.87 bits per heavy atom. The molecule has 0 bridgehead atoms. The van der Waals surface area contributed by atoms with Crippen molar-refractivity contribution in [3.63, 3.8) is 0 Å². The van der Waals surface area contributed by atoms with Crippen molar-refractivity contribution < 1.29 is 8.81 Å². The predicted molar refractivity (Wildman–Crippen MR) is 58.4 cm³/mol. The van der Waals surface area contributed by atoms with E-state index in [1.807, 2.05) is 31.2 Å². The number of hydrogen-bond acceptors (Lipinski definition) is 1. The second kappa shape index (κ2) is 2.83. The zero-order valence-electron chi connectivity index (χ0n) is 8.25. The van der Waals surface area contributed by atoms with Crippen molar-refractivity contribution in [2.75, 3.05) is 0 Å². The van der Waals surface area contributed by atoms with Crippen LogP contribution in [0.5, 0.6) is 0 Å². The standard InChI is InChI=1S/C13H9FO/c1-8-4-2-7-11-12(8)9-5-3-6-10(14)13(9)15-11/h2-7H,1H3. The summed E-state index contributed by atoms with van der Waals surface area (Å²) in [6.45, 7) is 2.00. The molecule has 3 aromatic rings. The zero-order valence-corrected chi connectivity index (χ0v) is 8.25. The van der Waals surface area contributed by atoms with Gasteiger partial charge in [0.25, 0.3) is 0 Å². The number of para-hydroxylation sites is 1. The second-order valence-electron chi connectivity index (χ2n) is 3.67. The molecule has 0 aliphatic carbocycles. The van der Waals surface area contributed by atoms with Crippen LogP contribution in [0.4, 0.5) is 4.39 Å². The van der Waals surface area contributed by atoms with Crippen molar-refractivity contribution >= 4 is 21.9 Å². The molecule has 1 heterocycles. The van der Waals surface area contributed by atoms with Gasteiger partial charge < -0.3 is 4.42 Å². The first-order valence-corrected chi connectivity index (χ1v) is 4.84. The zero-order chi connectivity index (χ0) is 10.4. The lowest BCUT2D eigenvalue weighted by molar-refractivity contribution is 0.584. The molecule has 3 rings (SSSR count). The van der Waals surface area contributed by atoms with Crippen LogP contribution < -0.4 is 0 Å². The van der Waals surface area contributed by atoms with E-state index in [4.69, 9.17) is 4.42 Å². The minimum atomic E-state index is -0.303. The summed E-state index contributed by atoms with van der Waals surface area (Å²) in [5.74, 6) is -0.303. The van der Waals surface area contributed by atoms with E-state index in [-0.39, 0.29) is 5.82 Å². The molecule has 0 unspecified atom stereocenters. The van der Waals surface area contributed by atoms with Gasteiger partial charge in [-0.1, -0.05) is 24.3 Å². The SMILES string of the molecule is Cc1cccc2oc3c(F)cccc3c12. The summed E-state index contributed by atoms with van der Waals surface area (Å²) in [5.41, 5.74) is 2.20. The molecular weight excluding hydrogens is 191 g/mol. The third kappa shape index (κ3) is 1.08. The van der Waals surface area contributed by atoms with E-state index in [2.05, 4.69) is 0 Å². The maximum absolute atomic E-state index is 13.5. The van der Waals surface area contributed by atoms with Crippen molar-refractivity contribution in [1.29, 1.82) is 0 Å². The van der Waals surface area contributed by atoms with Crippen LogP contribution in [0.1, 0.15) is 5.56 Å². The summed E-state index contributed by atoms with van der Waals surface area (Å²) in [7, 11) is 0. The molecule has 1 aromatic heterocycles. The maximum Gasteiger partial charge on any atom is 0.171 e. The molecule has 0 spiro atoms. The quantitative estimate of drug-likeness (QED) is 0.534. The van der Waals surface area contributed by atoms with Crippen LogP contribution in [-0.2, 0) is 0 Å². The number of halogens is 1. The number of rotatable bonds is 0. The Hall–Kier alpha value is -1.83. The van der Waals surface area contributed by atoms with E-state index in [9.17, 15) is 4.39 Å². The molecule has 0 amide bonds. The summed E-state index contributed by atoms with van der Waals surface area (Å²) in [4.78, 5) is 0. The highest BCUT2D eigenvalue weighted by Crippen LogP contribution is 2.31. The fourth-order valence-corrected chi connectivity index (χ4v) is 1.99. The van der Waals surface area contributed by atoms with Crippen LogP contribution in [0.2, 0.25) is 0 Å². The first kappa shape index (κ1) is 8.48. The Bertz CT molecular complexity index is 652. The largest absolute Gasteiger partial charge is 0.453 e.